The highest BCUT2D eigenvalue weighted by molar-refractivity contribution is 5.54. The SMILES string of the molecule is CCCCCC(C)(C)c1cccc(N=Nc2ccc(F)cc2C(C)(C)c2ccccc2)c1. The van der Waals surface area contributed by atoms with Crippen LogP contribution in [0.4, 0.5) is 15.8 Å². The number of benzene rings is 3. The predicted molar refractivity (Wildman–Crippen MR) is 133 cm³/mol. The van der Waals surface area contributed by atoms with Crippen molar-refractivity contribution in [2.75, 3.05) is 0 Å². The van der Waals surface area contributed by atoms with Gasteiger partial charge in [-0.25, -0.2) is 4.39 Å². The Morgan fingerprint density at radius 2 is 1.47 bits per heavy atom. The van der Waals surface area contributed by atoms with Crippen LogP contribution in [0.15, 0.2) is 83.0 Å². The summed E-state index contributed by atoms with van der Waals surface area (Å²) >= 11 is 0. The van der Waals surface area contributed by atoms with Crippen LogP contribution in [0.25, 0.3) is 0 Å². The summed E-state index contributed by atoms with van der Waals surface area (Å²) in [6, 6.07) is 23.2. The van der Waals surface area contributed by atoms with Crippen molar-refractivity contribution in [1.29, 1.82) is 0 Å². The zero-order valence-electron chi connectivity index (χ0n) is 20.0. The minimum absolute atomic E-state index is 0.0943. The summed E-state index contributed by atoms with van der Waals surface area (Å²) in [5, 5.41) is 9.11. The minimum Gasteiger partial charge on any atom is -0.207 e. The lowest BCUT2D eigenvalue weighted by atomic mass is 9.77. The number of halogens is 1. The summed E-state index contributed by atoms with van der Waals surface area (Å²) in [7, 11) is 0. The lowest BCUT2D eigenvalue weighted by Gasteiger charge is -2.27. The Morgan fingerprint density at radius 1 is 0.750 bits per heavy atom. The maximum Gasteiger partial charge on any atom is 0.123 e. The molecule has 0 amide bonds. The first-order chi connectivity index (χ1) is 15.2. The molecule has 168 valence electrons. The number of rotatable bonds is 9. The van der Waals surface area contributed by atoms with Crippen LogP contribution in [0.3, 0.4) is 0 Å². The van der Waals surface area contributed by atoms with E-state index in [9.17, 15) is 4.39 Å². The lowest BCUT2D eigenvalue weighted by Crippen LogP contribution is -2.19. The summed E-state index contributed by atoms with van der Waals surface area (Å²) in [6.45, 7) is 11.0. The number of unbranched alkanes of at least 4 members (excludes halogenated alkanes) is 2. The molecule has 0 N–H and O–H groups in total. The largest absolute Gasteiger partial charge is 0.207 e. The first kappa shape index (κ1) is 23.8. The maximum absolute atomic E-state index is 14.2. The van der Waals surface area contributed by atoms with Crippen LogP contribution >= 0.6 is 0 Å². The molecular weight excluding hydrogens is 395 g/mol. The summed E-state index contributed by atoms with van der Waals surface area (Å²) in [5.41, 5.74) is 4.40. The molecule has 0 aromatic heterocycles. The highest BCUT2D eigenvalue weighted by Crippen LogP contribution is 2.38. The van der Waals surface area contributed by atoms with Crippen LogP contribution in [0.5, 0.6) is 0 Å². The van der Waals surface area contributed by atoms with Crippen molar-refractivity contribution in [2.45, 2.75) is 71.1 Å². The maximum atomic E-state index is 14.2. The second-order valence-electron chi connectivity index (χ2n) is 9.74. The average molecular weight is 431 g/mol. The van der Waals surface area contributed by atoms with E-state index in [1.165, 1.54) is 30.9 Å². The second-order valence-corrected chi connectivity index (χ2v) is 9.74. The van der Waals surface area contributed by atoms with E-state index in [0.29, 0.717) is 5.69 Å². The first-order valence-electron chi connectivity index (χ1n) is 11.6. The van der Waals surface area contributed by atoms with Crippen molar-refractivity contribution in [3.63, 3.8) is 0 Å². The molecule has 0 heterocycles. The third kappa shape index (κ3) is 5.70. The zero-order chi connectivity index (χ0) is 23.2. The molecule has 0 bridgehead atoms. The molecule has 0 atom stereocenters. The molecule has 0 aliphatic rings. The minimum atomic E-state index is -0.402. The van der Waals surface area contributed by atoms with E-state index in [-0.39, 0.29) is 11.2 Å². The zero-order valence-corrected chi connectivity index (χ0v) is 20.0. The number of azo groups is 1. The van der Waals surface area contributed by atoms with Gasteiger partial charge in [-0.05, 0) is 58.9 Å². The smallest absolute Gasteiger partial charge is 0.123 e. The van der Waals surface area contributed by atoms with Crippen LogP contribution in [0.2, 0.25) is 0 Å². The fraction of sp³-hybridized carbons (Fsp3) is 0.379. The standard InChI is InChI=1S/C29H35FN2/c1-6-7-11-19-28(2,3)23-15-12-16-25(20-23)31-32-27-18-17-24(30)21-26(27)29(4,5)22-13-9-8-10-14-22/h8-10,12-18,20-21H,6-7,11,19H2,1-5H3. The average Bonchev–Trinajstić information content (AvgIpc) is 2.79. The first-order valence-corrected chi connectivity index (χ1v) is 11.6. The van der Waals surface area contributed by atoms with Crippen molar-refractivity contribution in [2.24, 2.45) is 10.2 Å². The Morgan fingerprint density at radius 3 is 2.19 bits per heavy atom. The van der Waals surface area contributed by atoms with Crippen molar-refractivity contribution >= 4 is 11.4 Å². The Labute approximate surface area is 192 Å². The van der Waals surface area contributed by atoms with Crippen LogP contribution in [0.1, 0.15) is 77.0 Å². The molecule has 0 fully saturated rings. The molecule has 0 unspecified atom stereocenters. The van der Waals surface area contributed by atoms with Gasteiger partial charge in [0.05, 0.1) is 11.4 Å². The molecule has 3 heteroatoms. The molecule has 0 aliphatic heterocycles. The molecule has 32 heavy (non-hydrogen) atoms. The van der Waals surface area contributed by atoms with Crippen LogP contribution in [-0.4, -0.2) is 0 Å². The molecule has 0 aliphatic carbocycles. The van der Waals surface area contributed by atoms with Gasteiger partial charge in [0.15, 0.2) is 0 Å². The van der Waals surface area contributed by atoms with E-state index in [0.717, 1.165) is 23.2 Å². The Kier molecular flexibility index (Phi) is 7.60. The van der Waals surface area contributed by atoms with Crippen molar-refractivity contribution < 1.29 is 4.39 Å². The van der Waals surface area contributed by atoms with Gasteiger partial charge in [-0.1, -0.05) is 96.3 Å². The van der Waals surface area contributed by atoms with E-state index in [1.54, 1.807) is 12.1 Å². The lowest BCUT2D eigenvalue weighted by molar-refractivity contribution is 0.450. The molecule has 0 saturated heterocycles. The van der Waals surface area contributed by atoms with Crippen molar-refractivity contribution in [1.82, 2.24) is 0 Å². The van der Waals surface area contributed by atoms with E-state index < -0.39 is 5.41 Å². The fourth-order valence-electron chi connectivity index (χ4n) is 4.17. The van der Waals surface area contributed by atoms with Gasteiger partial charge >= 0.3 is 0 Å². The van der Waals surface area contributed by atoms with Gasteiger partial charge in [0.25, 0.3) is 0 Å². The molecule has 3 rings (SSSR count). The topological polar surface area (TPSA) is 24.7 Å². The van der Waals surface area contributed by atoms with Gasteiger partial charge in [0.2, 0.25) is 0 Å². The van der Waals surface area contributed by atoms with E-state index in [2.05, 4.69) is 69.1 Å². The summed E-state index contributed by atoms with van der Waals surface area (Å²) in [5.74, 6) is -0.265. The Balaban J connectivity index is 1.91. The van der Waals surface area contributed by atoms with E-state index in [1.807, 2.05) is 30.3 Å². The van der Waals surface area contributed by atoms with Gasteiger partial charge < -0.3 is 0 Å². The monoisotopic (exact) mass is 430 g/mol. The molecular formula is C29H35FN2. The molecule has 0 saturated carbocycles. The molecule has 3 aromatic carbocycles. The molecule has 3 aromatic rings. The third-order valence-corrected chi connectivity index (χ3v) is 6.43. The third-order valence-electron chi connectivity index (χ3n) is 6.43. The highest BCUT2D eigenvalue weighted by atomic mass is 19.1. The summed E-state index contributed by atoms with van der Waals surface area (Å²) in [6.07, 6.45) is 4.86. The van der Waals surface area contributed by atoms with E-state index in [4.69, 9.17) is 0 Å². The quantitative estimate of drug-likeness (QED) is 0.238. The number of hydrogen-bond acceptors (Lipinski definition) is 2. The van der Waals surface area contributed by atoms with Gasteiger partial charge in [0, 0.05) is 5.41 Å². The highest BCUT2D eigenvalue weighted by Gasteiger charge is 2.26. The van der Waals surface area contributed by atoms with E-state index >= 15 is 0 Å². The van der Waals surface area contributed by atoms with Gasteiger partial charge in [-0.3, -0.25) is 0 Å². The second kappa shape index (κ2) is 10.2. The normalized spacial score (nSPS) is 12.4. The van der Waals surface area contributed by atoms with Gasteiger partial charge in [0.1, 0.15) is 5.82 Å². The molecule has 2 nitrogen and oxygen atoms in total. The van der Waals surface area contributed by atoms with Crippen LogP contribution in [0, 0.1) is 5.82 Å². The summed E-state index contributed by atoms with van der Waals surface area (Å²) < 4.78 is 14.2. The Hall–Kier alpha value is -2.81. The fourth-order valence-corrected chi connectivity index (χ4v) is 4.17. The molecule has 0 radical (unpaired) electrons. The molecule has 0 spiro atoms. The van der Waals surface area contributed by atoms with Gasteiger partial charge in [-0.15, -0.1) is 0 Å². The van der Waals surface area contributed by atoms with Crippen molar-refractivity contribution in [3.8, 4) is 0 Å². The van der Waals surface area contributed by atoms with Crippen LogP contribution in [-0.2, 0) is 10.8 Å². The van der Waals surface area contributed by atoms with Gasteiger partial charge in [-0.2, -0.15) is 10.2 Å². The summed E-state index contributed by atoms with van der Waals surface area (Å²) in [4.78, 5) is 0. The number of nitrogens with zero attached hydrogens (tertiary/aromatic N) is 2. The van der Waals surface area contributed by atoms with Crippen molar-refractivity contribution in [3.05, 3.63) is 95.3 Å². The predicted octanol–water partition coefficient (Wildman–Crippen LogP) is 9.42. The van der Waals surface area contributed by atoms with Crippen LogP contribution < -0.4 is 0 Å². The Bertz CT molecular complexity index is 1050. The number of hydrogen-bond donors (Lipinski definition) is 0.